The molecule has 0 bridgehead atoms. The van der Waals surface area contributed by atoms with Crippen molar-refractivity contribution in [2.45, 2.75) is 13.3 Å². The van der Waals surface area contributed by atoms with Gasteiger partial charge in [0.15, 0.2) is 0 Å². The van der Waals surface area contributed by atoms with E-state index in [0.717, 1.165) is 27.5 Å². The Labute approximate surface area is 150 Å². The molecule has 1 aliphatic rings. The monoisotopic (exact) mass is 343 g/mol. The lowest BCUT2D eigenvalue weighted by Gasteiger charge is -2.11. The Bertz CT molecular complexity index is 1070. The molecule has 1 amide bonds. The van der Waals surface area contributed by atoms with E-state index in [0.29, 0.717) is 17.9 Å². The van der Waals surface area contributed by atoms with Crippen molar-refractivity contribution < 1.29 is 4.79 Å². The third kappa shape index (κ3) is 2.84. The molecule has 3 aromatic rings. The summed E-state index contributed by atoms with van der Waals surface area (Å²) in [5, 5.41) is 13.4. The second kappa shape index (κ2) is 6.12. The van der Waals surface area contributed by atoms with E-state index in [1.54, 1.807) is 12.4 Å². The van der Waals surface area contributed by atoms with Crippen LogP contribution in [0.3, 0.4) is 0 Å². The quantitative estimate of drug-likeness (QED) is 0.710. The van der Waals surface area contributed by atoms with Crippen LogP contribution in [0.15, 0.2) is 42.9 Å². The van der Waals surface area contributed by atoms with E-state index in [1.165, 1.54) is 0 Å². The fourth-order valence-corrected chi connectivity index (χ4v) is 3.12. The summed E-state index contributed by atoms with van der Waals surface area (Å²) in [7, 11) is 0. The first-order valence-corrected chi connectivity index (χ1v) is 8.37. The van der Waals surface area contributed by atoms with Crippen molar-refractivity contribution in [1.82, 2.24) is 9.97 Å². The van der Waals surface area contributed by atoms with Gasteiger partial charge in [-0.05, 0) is 54.1 Å². The van der Waals surface area contributed by atoms with Crippen molar-refractivity contribution in [3.05, 3.63) is 48.4 Å². The Morgan fingerprint density at radius 2 is 2.19 bits per heavy atom. The Morgan fingerprint density at radius 3 is 2.92 bits per heavy atom. The van der Waals surface area contributed by atoms with Gasteiger partial charge in [-0.1, -0.05) is 0 Å². The molecule has 4 rings (SSSR count). The van der Waals surface area contributed by atoms with Crippen molar-refractivity contribution in [2.75, 3.05) is 11.1 Å². The van der Waals surface area contributed by atoms with E-state index in [2.05, 4.69) is 21.4 Å². The minimum atomic E-state index is -0.230. The van der Waals surface area contributed by atoms with Gasteiger partial charge in [0.05, 0.1) is 17.9 Å². The maximum atomic E-state index is 12.1. The van der Waals surface area contributed by atoms with E-state index >= 15 is 0 Å². The van der Waals surface area contributed by atoms with Gasteiger partial charge >= 0.3 is 0 Å². The Kier molecular flexibility index (Phi) is 3.77. The smallest absolute Gasteiger partial charge is 0.230 e. The molecular formula is C20H17N5O. The standard InChI is InChI=1S/C20H17N5O/c1-11-2-3-23-9-16(11)12-4-13-7-19(24-10-17(13)18(22)6-12)25-20(26)15-5-14(15)8-21/h2-4,6-7,9-10,14-15H,5,22H2,1H3,(H,24,25,26)/t14-,15+/m0/s1. The lowest BCUT2D eigenvalue weighted by molar-refractivity contribution is -0.117. The number of carbonyl (C=O) groups excluding carboxylic acids is 1. The van der Waals surface area contributed by atoms with Gasteiger partial charge < -0.3 is 11.1 Å². The number of rotatable bonds is 3. The highest BCUT2D eigenvalue weighted by molar-refractivity contribution is 6.00. The van der Waals surface area contributed by atoms with Gasteiger partial charge in [0.25, 0.3) is 0 Å². The van der Waals surface area contributed by atoms with Crippen LogP contribution < -0.4 is 11.1 Å². The number of aryl methyl sites for hydroxylation is 1. The summed E-state index contributed by atoms with van der Waals surface area (Å²) < 4.78 is 0. The number of aromatic nitrogens is 2. The molecule has 0 radical (unpaired) electrons. The normalized spacial score (nSPS) is 18.3. The van der Waals surface area contributed by atoms with Crippen molar-refractivity contribution in [2.24, 2.45) is 11.8 Å². The number of anilines is 2. The number of fused-ring (bicyclic) bond motifs is 1. The lowest BCUT2D eigenvalue weighted by atomic mass is 9.99. The third-order valence-electron chi connectivity index (χ3n) is 4.76. The van der Waals surface area contributed by atoms with Crippen LogP contribution >= 0.6 is 0 Å². The molecule has 26 heavy (non-hydrogen) atoms. The molecule has 1 aliphatic carbocycles. The number of benzene rings is 1. The number of nitrogens with one attached hydrogen (secondary N) is 1. The van der Waals surface area contributed by atoms with Crippen LogP contribution in [-0.2, 0) is 4.79 Å². The second-order valence-corrected chi connectivity index (χ2v) is 6.61. The first-order valence-electron chi connectivity index (χ1n) is 8.37. The lowest BCUT2D eigenvalue weighted by Crippen LogP contribution is -2.15. The molecule has 2 heterocycles. The Balaban J connectivity index is 1.70. The number of nitriles is 1. The minimum Gasteiger partial charge on any atom is -0.398 e. The van der Waals surface area contributed by atoms with E-state index in [9.17, 15) is 4.79 Å². The molecule has 6 heteroatoms. The van der Waals surface area contributed by atoms with Gasteiger partial charge in [0.2, 0.25) is 5.91 Å². The van der Waals surface area contributed by atoms with Gasteiger partial charge in [-0.2, -0.15) is 5.26 Å². The topological polar surface area (TPSA) is 105 Å². The Morgan fingerprint density at radius 1 is 1.35 bits per heavy atom. The van der Waals surface area contributed by atoms with Crippen LogP contribution in [0.2, 0.25) is 0 Å². The summed E-state index contributed by atoms with van der Waals surface area (Å²) in [5.74, 6) is -0.0978. The number of nitrogens with zero attached hydrogens (tertiary/aromatic N) is 3. The van der Waals surface area contributed by atoms with Crippen LogP contribution in [0, 0.1) is 30.1 Å². The SMILES string of the molecule is Cc1ccncc1-c1cc(N)c2cnc(NC(=O)[C@@H]3C[C@H]3C#N)cc2c1. The van der Waals surface area contributed by atoms with Crippen LogP contribution in [0.1, 0.15) is 12.0 Å². The number of hydrogen-bond donors (Lipinski definition) is 2. The maximum absolute atomic E-state index is 12.1. The van der Waals surface area contributed by atoms with Crippen LogP contribution in [0.4, 0.5) is 11.5 Å². The summed E-state index contributed by atoms with van der Waals surface area (Å²) in [6, 6.07) is 9.81. The van der Waals surface area contributed by atoms with E-state index in [4.69, 9.17) is 11.0 Å². The fraction of sp³-hybridized carbons (Fsp3) is 0.200. The number of nitrogens with two attached hydrogens (primary N) is 1. The van der Waals surface area contributed by atoms with E-state index in [-0.39, 0.29) is 17.7 Å². The summed E-state index contributed by atoms with van der Waals surface area (Å²) in [6.45, 7) is 2.02. The molecule has 1 saturated carbocycles. The average Bonchev–Trinajstić information content (AvgIpc) is 3.42. The van der Waals surface area contributed by atoms with Gasteiger partial charge in [-0.3, -0.25) is 9.78 Å². The first kappa shape index (κ1) is 16.0. The number of amides is 1. The van der Waals surface area contributed by atoms with Crippen LogP contribution in [0.5, 0.6) is 0 Å². The molecule has 0 spiro atoms. The summed E-state index contributed by atoms with van der Waals surface area (Å²) in [6.07, 6.45) is 5.85. The molecule has 3 N–H and O–H groups in total. The summed E-state index contributed by atoms with van der Waals surface area (Å²) in [5.41, 5.74) is 9.92. The van der Waals surface area contributed by atoms with Crippen molar-refractivity contribution in [3.63, 3.8) is 0 Å². The molecule has 0 saturated heterocycles. The number of pyridine rings is 2. The van der Waals surface area contributed by atoms with Crippen LogP contribution in [0.25, 0.3) is 21.9 Å². The van der Waals surface area contributed by atoms with Gasteiger partial charge in [-0.15, -0.1) is 0 Å². The van der Waals surface area contributed by atoms with Crippen molar-refractivity contribution >= 4 is 28.2 Å². The molecule has 6 nitrogen and oxygen atoms in total. The summed E-state index contributed by atoms with van der Waals surface area (Å²) >= 11 is 0. The predicted octanol–water partition coefficient (Wildman–Crippen LogP) is 3.29. The molecule has 0 unspecified atom stereocenters. The van der Waals surface area contributed by atoms with Gasteiger partial charge in [0, 0.05) is 35.2 Å². The predicted molar refractivity (Wildman–Crippen MR) is 100.0 cm³/mol. The highest BCUT2D eigenvalue weighted by atomic mass is 16.2. The Hall–Kier alpha value is -3.46. The zero-order chi connectivity index (χ0) is 18.3. The average molecular weight is 343 g/mol. The number of carbonyl (C=O) groups is 1. The number of hydrogen-bond acceptors (Lipinski definition) is 5. The summed E-state index contributed by atoms with van der Waals surface area (Å²) in [4.78, 5) is 20.6. The third-order valence-corrected chi connectivity index (χ3v) is 4.76. The number of nitrogen functional groups attached to an aromatic ring is 1. The second-order valence-electron chi connectivity index (χ2n) is 6.61. The zero-order valence-electron chi connectivity index (χ0n) is 14.2. The highest BCUT2D eigenvalue weighted by Crippen LogP contribution is 2.38. The minimum absolute atomic E-state index is 0.157. The molecule has 2 atom stereocenters. The molecule has 1 fully saturated rings. The van der Waals surface area contributed by atoms with Gasteiger partial charge in [0.1, 0.15) is 5.82 Å². The fourth-order valence-electron chi connectivity index (χ4n) is 3.12. The van der Waals surface area contributed by atoms with E-state index < -0.39 is 0 Å². The zero-order valence-corrected chi connectivity index (χ0v) is 14.2. The maximum Gasteiger partial charge on any atom is 0.230 e. The van der Waals surface area contributed by atoms with Crippen LogP contribution in [-0.4, -0.2) is 15.9 Å². The largest absolute Gasteiger partial charge is 0.398 e. The van der Waals surface area contributed by atoms with E-state index in [1.807, 2.05) is 37.4 Å². The molecule has 0 aliphatic heterocycles. The van der Waals surface area contributed by atoms with Crippen molar-refractivity contribution in [3.8, 4) is 17.2 Å². The highest BCUT2D eigenvalue weighted by Gasteiger charge is 2.43. The molecule has 2 aromatic heterocycles. The molecular weight excluding hydrogens is 326 g/mol. The van der Waals surface area contributed by atoms with Gasteiger partial charge in [-0.25, -0.2) is 4.98 Å². The molecule has 128 valence electrons. The molecule has 1 aromatic carbocycles. The first-order chi connectivity index (χ1) is 12.6. The van der Waals surface area contributed by atoms with Crippen molar-refractivity contribution in [1.29, 1.82) is 5.26 Å².